The Hall–Kier alpha value is -1.31. The van der Waals surface area contributed by atoms with Crippen molar-refractivity contribution in [2.75, 3.05) is 33.4 Å². The van der Waals surface area contributed by atoms with Crippen LogP contribution in [0.25, 0.3) is 0 Å². The number of aliphatic imine (C=N–C) groups is 1. The number of sulfonamides is 1. The van der Waals surface area contributed by atoms with Gasteiger partial charge in [0.05, 0.1) is 6.26 Å². The molecule has 0 saturated heterocycles. The van der Waals surface area contributed by atoms with Crippen LogP contribution in [0, 0.1) is 0 Å². The van der Waals surface area contributed by atoms with Crippen molar-refractivity contribution in [3.8, 4) is 0 Å². The first kappa shape index (κ1) is 17.7. The Balaban J connectivity index is 2.48. The molecule has 0 aliphatic rings. The summed E-state index contributed by atoms with van der Waals surface area (Å²) < 4.78 is 24.3. The molecule has 2 N–H and O–H groups in total. The van der Waals surface area contributed by atoms with E-state index in [1.165, 1.54) is 0 Å². The fourth-order valence-electron chi connectivity index (χ4n) is 1.78. The molecule has 0 atom stereocenters. The van der Waals surface area contributed by atoms with Crippen LogP contribution in [0.3, 0.4) is 0 Å². The lowest BCUT2D eigenvalue weighted by atomic mass is 10.2. The van der Waals surface area contributed by atoms with E-state index < -0.39 is 10.0 Å². The minimum absolute atomic E-state index is 0.308. The van der Waals surface area contributed by atoms with Gasteiger partial charge in [-0.15, -0.1) is 0 Å². The molecule has 0 heterocycles. The van der Waals surface area contributed by atoms with Crippen molar-refractivity contribution in [3.05, 3.63) is 34.9 Å². The third-order valence-electron chi connectivity index (χ3n) is 2.65. The smallest absolute Gasteiger partial charge is 0.208 e. The topological polar surface area (TPSA) is 73.8 Å². The molecule has 1 aromatic rings. The molecule has 1 aromatic carbocycles. The van der Waals surface area contributed by atoms with Crippen molar-refractivity contribution >= 4 is 27.6 Å². The standard InChI is InChI=1S/C13H21ClN4O2S/c1-15-13(16-7-8-17-21(3,19)20)18(2)10-11-5-4-6-12(14)9-11/h4-6,9,17H,7-8,10H2,1-3H3,(H,15,16). The lowest BCUT2D eigenvalue weighted by molar-refractivity contribution is 0.477. The first-order chi connectivity index (χ1) is 9.81. The highest BCUT2D eigenvalue weighted by Crippen LogP contribution is 2.12. The largest absolute Gasteiger partial charge is 0.355 e. The average Bonchev–Trinajstić information content (AvgIpc) is 2.37. The van der Waals surface area contributed by atoms with E-state index >= 15 is 0 Å². The molecule has 118 valence electrons. The number of hydrogen-bond acceptors (Lipinski definition) is 3. The highest BCUT2D eigenvalue weighted by atomic mass is 35.5. The van der Waals surface area contributed by atoms with Gasteiger partial charge in [-0.25, -0.2) is 13.1 Å². The van der Waals surface area contributed by atoms with Crippen LogP contribution in [0.1, 0.15) is 5.56 Å². The maximum Gasteiger partial charge on any atom is 0.208 e. The second-order valence-electron chi connectivity index (χ2n) is 4.63. The molecule has 0 saturated carbocycles. The van der Waals surface area contributed by atoms with E-state index in [9.17, 15) is 8.42 Å². The highest BCUT2D eigenvalue weighted by molar-refractivity contribution is 7.88. The second-order valence-corrected chi connectivity index (χ2v) is 6.90. The predicted octanol–water partition coefficient (Wildman–Crippen LogP) is 0.896. The van der Waals surface area contributed by atoms with Crippen LogP contribution in [0.15, 0.2) is 29.3 Å². The molecule has 0 aromatic heterocycles. The van der Waals surface area contributed by atoms with Gasteiger partial charge in [-0.05, 0) is 17.7 Å². The molecule has 6 nitrogen and oxygen atoms in total. The van der Waals surface area contributed by atoms with Gasteiger partial charge in [-0.2, -0.15) is 0 Å². The number of rotatable bonds is 6. The van der Waals surface area contributed by atoms with Crippen LogP contribution >= 0.6 is 11.6 Å². The van der Waals surface area contributed by atoms with E-state index in [2.05, 4.69) is 15.0 Å². The van der Waals surface area contributed by atoms with E-state index in [0.717, 1.165) is 11.8 Å². The van der Waals surface area contributed by atoms with Crippen molar-refractivity contribution < 1.29 is 8.42 Å². The van der Waals surface area contributed by atoms with Gasteiger partial charge in [0.2, 0.25) is 10.0 Å². The molecule has 0 aliphatic heterocycles. The van der Waals surface area contributed by atoms with Gasteiger partial charge in [0.15, 0.2) is 5.96 Å². The lowest BCUT2D eigenvalue weighted by Crippen LogP contribution is -2.42. The number of benzene rings is 1. The number of guanidine groups is 1. The van der Waals surface area contributed by atoms with E-state index in [4.69, 9.17) is 11.6 Å². The zero-order valence-corrected chi connectivity index (χ0v) is 14.0. The molecule has 0 spiro atoms. The van der Waals surface area contributed by atoms with Gasteiger partial charge in [-0.3, -0.25) is 4.99 Å². The number of hydrogen-bond donors (Lipinski definition) is 2. The third-order valence-corrected chi connectivity index (χ3v) is 3.62. The van der Waals surface area contributed by atoms with Crippen molar-refractivity contribution in [1.82, 2.24) is 14.9 Å². The van der Waals surface area contributed by atoms with Gasteiger partial charge in [-0.1, -0.05) is 23.7 Å². The van der Waals surface area contributed by atoms with Crippen LogP contribution in [-0.2, 0) is 16.6 Å². The summed E-state index contributed by atoms with van der Waals surface area (Å²) in [4.78, 5) is 6.10. The van der Waals surface area contributed by atoms with Gasteiger partial charge >= 0.3 is 0 Å². The van der Waals surface area contributed by atoms with E-state index in [1.807, 2.05) is 36.2 Å². The quantitative estimate of drug-likeness (QED) is 0.461. The van der Waals surface area contributed by atoms with Crippen molar-refractivity contribution in [3.63, 3.8) is 0 Å². The fourth-order valence-corrected chi connectivity index (χ4v) is 2.47. The Bertz CT molecular complexity index is 590. The normalized spacial score (nSPS) is 12.3. The Morgan fingerprint density at radius 2 is 2.10 bits per heavy atom. The summed E-state index contributed by atoms with van der Waals surface area (Å²) in [6.07, 6.45) is 1.13. The first-order valence-electron chi connectivity index (χ1n) is 6.42. The van der Waals surface area contributed by atoms with E-state index in [0.29, 0.717) is 30.6 Å². The molecule has 0 amide bonds. The van der Waals surface area contributed by atoms with Crippen LogP contribution < -0.4 is 10.0 Å². The molecule has 0 unspecified atom stereocenters. The van der Waals surface area contributed by atoms with E-state index in [-0.39, 0.29) is 0 Å². The maximum atomic E-state index is 11.0. The van der Waals surface area contributed by atoms with Crippen molar-refractivity contribution in [2.45, 2.75) is 6.54 Å². The zero-order valence-electron chi connectivity index (χ0n) is 12.4. The Morgan fingerprint density at radius 3 is 2.67 bits per heavy atom. The summed E-state index contributed by atoms with van der Waals surface area (Å²) in [5.41, 5.74) is 1.07. The lowest BCUT2D eigenvalue weighted by Gasteiger charge is -2.22. The summed E-state index contributed by atoms with van der Waals surface area (Å²) in [7, 11) is 0.424. The Morgan fingerprint density at radius 1 is 1.38 bits per heavy atom. The molecule has 8 heteroatoms. The molecule has 0 radical (unpaired) electrons. The molecular weight excluding hydrogens is 312 g/mol. The van der Waals surface area contributed by atoms with Crippen LogP contribution in [-0.4, -0.2) is 52.7 Å². The Kier molecular flexibility index (Phi) is 6.94. The summed E-state index contributed by atoms with van der Waals surface area (Å²) in [6.45, 7) is 1.42. The van der Waals surface area contributed by atoms with Crippen LogP contribution in [0.5, 0.6) is 0 Å². The Labute approximate surface area is 131 Å². The number of nitrogens with zero attached hydrogens (tertiary/aromatic N) is 2. The summed E-state index contributed by atoms with van der Waals surface area (Å²) in [5.74, 6) is 0.685. The monoisotopic (exact) mass is 332 g/mol. The van der Waals surface area contributed by atoms with Gasteiger partial charge in [0, 0.05) is 38.8 Å². The highest BCUT2D eigenvalue weighted by Gasteiger charge is 2.07. The summed E-state index contributed by atoms with van der Waals surface area (Å²) in [6, 6.07) is 7.62. The average molecular weight is 333 g/mol. The minimum atomic E-state index is -3.16. The second kappa shape index (κ2) is 8.21. The minimum Gasteiger partial charge on any atom is -0.355 e. The van der Waals surface area contributed by atoms with Crippen LogP contribution in [0.2, 0.25) is 5.02 Å². The molecular formula is C13H21ClN4O2S. The van der Waals surface area contributed by atoms with Crippen molar-refractivity contribution in [1.29, 1.82) is 0 Å². The first-order valence-corrected chi connectivity index (χ1v) is 8.69. The fraction of sp³-hybridized carbons (Fsp3) is 0.462. The van der Waals surface area contributed by atoms with Crippen molar-refractivity contribution in [2.24, 2.45) is 4.99 Å². The zero-order chi connectivity index (χ0) is 15.9. The van der Waals surface area contributed by atoms with E-state index in [1.54, 1.807) is 7.05 Å². The molecule has 1 rings (SSSR count). The van der Waals surface area contributed by atoms with Gasteiger partial charge in [0.1, 0.15) is 0 Å². The number of nitrogens with one attached hydrogen (secondary N) is 2. The third kappa shape index (κ3) is 7.31. The molecule has 0 aliphatic carbocycles. The summed E-state index contributed by atoms with van der Waals surface area (Å²) >= 11 is 5.96. The van der Waals surface area contributed by atoms with Crippen LogP contribution in [0.4, 0.5) is 0 Å². The SMILES string of the molecule is CN=C(NCCNS(C)(=O)=O)N(C)Cc1cccc(Cl)c1. The van der Waals surface area contributed by atoms with Gasteiger partial charge < -0.3 is 10.2 Å². The van der Waals surface area contributed by atoms with Gasteiger partial charge in [0.25, 0.3) is 0 Å². The predicted molar refractivity (Wildman–Crippen MR) is 87.1 cm³/mol. The molecule has 0 bridgehead atoms. The molecule has 0 fully saturated rings. The molecule has 21 heavy (non-hydrogen) atoms. The maximum absolute atomic E-state index is 11.0. The summed E-state index contributed by atoms with van der Waals surface area (Å²) in [5, 5.41) is 3.79. The number of halogens is 1.